The summed E-state index contributed by atoms with van der Waals surface area (Å²) >= 11 is 0. The van der Waals surface area contributed by atoms with Gasteiger partial charge in [-0.15, -0.1) is 0 Å². The molecule has 4 rings (SSSR count). The molecule has 22 heavy (non-hydrogen) atoms. The fraction of sp³-hybridized carbons (Fsp3) is 0.600. The molecule has 2 aliphatic heterocycles. The molecular formula is C15H21N5O2. The Morgan fingerprint density at radius 3 is 3.27 bits per heavy atom. The van der Waals surface area contributed by atoms with E-state index in [1.54, 1.807) is 0 Å². The first kappa shape index (κ1) is 13.9. The SMILES string of the molecule is c1cn(CC2COCCO2)c(-c2cc3n(n2)CCCNC3)n1. The van der Waals surface area contributed by atoms with Gasteiger partial charge in [-0.1, -0.05) is 0 Å². The number of aromatic nitrogens is 4. The summed E-state index contributed by atoms with van der Waals surface area (Å²) in [5.74, 6) is 0.898. The molecule has 1 atom stereocenters. The average Bonchev–Trinajstić information content (AvgIpc) is 3.10. The van der Waals surface area contributed by atoms with E-state index in [0.29, 0.717) is 19.8 Å². The van der Waals surface area contributed by atoms with Crippen molar-refractivity contribution in [1.82, 2.24) is 24.6 Å². The first-order valence-electron chi connectivity index (χ1n) is 7.88. The van der Waals surface area contributed by atoms with Gasteiger partial charge < -0.3 is 19.4 Å². The fourth-order valence-electron chi connectivity index (χ4n) is 3.02. The van der Waals surface area contributed by atoms with Crippen LogP contribution < -0.4 is 5.32 Å². The molecule has 2 aromatic heterocycles. The van der Waals surface area contributed by atoms with E-state index < -0.39 is 0 Å². The van der Waals surface area contributed by atoms with Crippen molar-refractivity contribution in [3.63, 3.8) is 0 Å². The van der Waals surface area contributed by atoms with Gasteiger partial charge in [0.2, 0.25) is 0 Å². The molecule has 0 aliphatic carbocycles. The molecular weight excluding hydrogens is 282 g/mol. The second kappa shape index (κ2) is 6.20. The summed E-state index contributed by atoms with van der Waals surface area (Å²) in [5, 5.41) is 8.15. The zero-order valence-electron chi connectivity index (χ0n) is 12.6. The number of nitrogens with zero attached hydrogens (tertiary/aromatic N) is 4. The molecule has 1 fully saturated rings. The molecule has 1 saturated heterocycles. The van der Waals surface area contributed by atoms with E-state index in [-0.39, 0.29) is 6.10 Å². The summed E-state index contributed by atoms with van der Waals surface area (Å²) < 4.78 is 15.4. The molecule has 2 aliphatic rings. The van der Waals surface area contributed by atoms with E-state index in [1.165, 1.54) is 5.69 Å². The molecule has 7 heteroatoms. The Kier molecular flexibility index (Phi) is 3.92. The van der Waals surface area contributed by atoms with Gasteiger partial charge in [0.1, 0.15) is 5.69 Å². The molecule has 4 heterocycles. The lowest BCUT2D eigenvalue weighted by molar-refractivity contribution is -0.0934. The van der Waals surface area contributed by atoms with Crippen LogP contribution in [-0.4, -0.2) is 51.8 Å². The third kappa shape index (κ3) is 2.79. The van der Waals surface area contributed by atoms with Gasteiger partial charge in [-0.25, -0.2) is 4.98 Å². The Morgan fingerprint density at radius 2 is 2.36 bits per heavy atom. The number of hydrogen-bond donors (Lipinski definition) is 1. The first-order valence-corrected chi connectivity index (χ1v) is 7.88. The minimum Gasteiger partial charge on any atom is -0.376 e. The predicted octanol–water partition coefficient (Wildman–Crippen LogP) is 0.655. The van der Waals surface area contributed by atoms with Gasteiger partial charge in [-0.3, -0.25) is 4.68 Å². The number of ether oxygens (including phenoxy) is 2. The highest BCUT2D eigenvalue weighted by molar-refractivity contribution is 5.50. The van der Waals surface area contributed by atoms with Crippen LogP contribution in [0.1, 0.15) is 12.1 Å². The maximum absolute atomic E-state index is 5.73. The average molecular weight is 303 g/mol. The molecule has 1 N–H and O–H groups in total. The number of fused-ring (bicyclic) bond motifs is 1. The van der Waals surface area contributed by atoms with Crippen molar-refractivity contribution in [3.8, 4) is 11.5 Å². The van der Waals surface area contributed by atoms with Gasteiger partial charge in [0.25, 0.3) is 0 Å². The summed E-state index contributed by atoms with van der Waals surface area (Å²) in [5.41, 5.74) is 2.15. The van der Waals surface area contributed by atoms with Gasteiger partial charge in [-0.2, -0.15) is 5.10 Å². The lowest BCUT2D eigenvalue weighted by Crippen LogP contribution is -2.32. The Balaban J connectivity index is 1.56. The lowest BCUT2D eigenvalue weighted by Gasteiger charge is -2.23. The maximum atomic E-state index is 5.73. The van der Waals surface area contributed by atoms with Gasteiger partial charge in [0.15, 0.2) is 5.82 Å². The van der Waals surface area contributed by atoms with Gasteiger partial charge in [0.05, 0.1) is 38.2 Å². The van der Waals surface area contributed by atoms with Crippen molar-refractivity contribution in [2.24, 2.45) is 0 Å². The van der Waals surface area contributed by atoms with Crippen LogP contribution in [0.25, 0.3) is 11.5 Å². The number of hydrogen-bond acceptors (Lipinski definition) is 5. The minimum atomic E-state index is 0.0869. The van der Waals surface area contributed by atoms with Gasteiger partial charge in [-0.05, 0) is 19.0 Å². The summed E-state index contributed by atoms with van der Waals surface area (Å²) in [4.78, 5) is 4.49. The van der Waals surface area contributed by atoms with Crippen molar-refractivity contribution in [3.05, 3.63) is 24.2 Å². The first-order chi connectivity index (χ1) is 10.9. The van der Waals surface area contributed by atoms with Crippen LogP contribution in [0.15, 0.2) is 18.5 Å². The van der Waals surface area contributed by atoms with Crippen molar-refractivity contribution in [1.29, 1.82) is 0 Å². The van der Waals surface area contributed by atoms with E-state index >= 15 is 0 Å². The largest absolute Gasteiger partial charge is 0.376 e. The normalized spacial score (nSPS) is 22.3. The third-order valence-electron chi connectivity index (χ3n) is 4.12. The van der Waals surface area contributed by atoms with Crippen molar-refractivity contribution < 1.29 is 9.47 Å². The number of rotatable bonds is 3. The predicted molar refractivity (Wildman–Crippen MR) is 80.3 cm³/mol. The third-order valence-corrected chi connectivity index (χ3v) is 4.12. The molecule has 0 amide bonds. The molecule has 0 saturated carbocycles. The lowest BCUT2D eigenvalue weighted by atomic mass is 10.3. The van der Waals surface area contributed by atoms with Crippen molar-refractivity contribution >= 4 is 0 Å². The Labute approximate surface area is 129 Å². The summed E-state index contributed by atoms with van der Waals surface area (Å²) in [6, 6.07) is 2.13. The second-order valence-corrected chi connectivity index (χ2v) is 5.75. The fourth-order valence-corrected chi connectivity index (χ4v) is 3.02. The summed E-state index contributed by atoms with van der Waals surface area (Å²) in [6.45, 7) is 5.62. The topological polar surface area (TPSA) is 66.1 Å². The Morgan fingerprint density at radius 1 is 1.36 bits per heavy atom. The molecule has 0 spiro atoms. The van der Waals surface area contributed by atoms with Crippen LogP contribution in [0.4, 0.5) is 0 Å². The Hall–Kier alpha value is -1.70. The smallest absolute Gasteiger partial charge is 0.160 e. The highest BCUT2D eigenvalue weighted by Crippen LogP contribution is 2.20. The summed E-state index contributed by atoms with van der Waals surface area (Å²) in [6.07, 6.45) is 5.00. The molecule has 1 unspecified atom stereocenters. The van der Waals surface area contributed by atoms with Gasteiger partial charge in [0, 0.05) is 25.5 Å². The van der Waals surface area contributed by atoms with E-state index in [0.717, 1.165) is 44.1 Å². The van der Waals surface area contributed by atoms with Crippen LogP contribution in [0.5, 0.6) is 0 Å². The maximum Gasteiger partial charge on any atom is 0.160 e. The summed E-state index contributed by atoms with van der Waals surface area (Å²) in [7, 11) is 0. The number of imidazole rings is 1. The van der Waals surface area contributed by atoms with Crippen molar-refractivity contribution in [2.45, 2.75) is 32.2 Å². The molecule has 118 valence electrons. The van der Waals surface area contributed by atoms with Crippen LogP contribution in [-0.2, 0) is 29.1 Å². The van der Waals surface area contributed by atoms with Crippen LogP contribution in [0, 0.1) is 0 Å². The zero-order chi connectivity index (χ0) is 14.8. The minimum absolute atomic E-state index is 0.0869. The van der Waals surface area contributed by atoms with E-state index in [4.69, 9.17) is 14.6 Å². The molecule has 0 aromatic carbocycles. The van der Waals surface area contributed by atoms with E-state index in [2.05, 4.69) is 25.6 Å². The molecule has 7 nitrogen and oxygen atoms in total. The molecule has 2 aromatic rings. The number of nitrogens with one attached hydrogen (secondary N) is 1. The second-order valence-electron chi connectivity index (χ2n) is 5.75. The van der Waals surface area contributed by atoms with E-state index in [9.17, 15) is 0 Å². The zero-order valence-corrected chi connectivity index (χ0v) is 12.6. The van der Waals surface area contributed by atoms with Crippen LogP contribution in [0.2, 0.25) is 0 Å². The van der Waals surface area contributed by atoms with Crippen molar-refractivity contribution in [2.75, 3.05) is 26.4 Å². The van der Waals surface area contributed by atoms with Crippen LogP contribution in [0.3, 0.4) is 0 Å². The highest BCUT2D eigenvalue weighted by Gasteiger charge is 2.19. The molecule has 0 bridgehead atoms. The quantitative estimate of drug-likeness (QED) is 0.902. The van der Waals surface area contributed by atoms with Crippen LogP contribution >= 0.6 is 0 Å². The molecule has 0 radical (unpaired) electrons. The Bertz CT molecular complexity index is 606. The van der Waals surface area contributed by atoms with Gasteiger partial charge >= 0.3 is 0 Å². The highest BCUT2D eigenvalue weighted by atomic mass is 16.6. The monoisotopic (exact) mass is 303 g/mol. The number of aryl methyl sites for hydroxylation is 1. The van der Waals surface area contributed by atoms with E-state index in [1.807, 2.05) is 12.4 Å². The standard InChI is InChI=1S/C15H21N5O2/c1-2-16-9-12-8-14(18-20(12)4-1)15-17-3-5-19(15)10-13-11-21-6-7-22-13/h3,5,8,13,16H,1-2,4,6-7,9-11H2.